The standard InChI is InChI=1S/C12H13ClN2O2S2/c1-7(9-3-4-10(13)19-9)14-12-15-8(6-18-12)5-11(16)17-2/h3-4,6-7H,5H2,1-2H3,(H,14,15). The summed E-state index contributed by atoms with van der Waals surface area (Å²) in [5.41, 5.74) is 0.718. The number of nitrogens with zero attached hydrogens (tertiary/aromatic N) is 1. The molecule has 1 unspecified atom stereocenters. The van der Waals surface area contributed by atoms with Gasteiger partial charge in [0.25, 0.3) is 0 Å². The Labute approximate surface area is 124 Å². The Balaban J connectivity index is 1.98. The molecule has 0 aromatic carbocycles. The number of ether oxygens (including phenoxy) is 1. The van der Waals surface area contributed by atoms with Gasteiger partial charge in [-0.15, -0.1) is 22.7 Å². The number of aromatic nitrogens is 1. The molecule has 0 bridgehead atoms. The Hall–Kier alpha value is -1.11. The minimum absolute atomic E-state index is 0.134. The molecule has 7 heteroatoms. The largest absolute Gasteiger partial charge is 0.469 e. The number of carbonyl (C=O) groups excluding carboxylic acids is 1. The maximum Gasteiger partial charge on any atom is 0.311 e. The van der Waals surface area contributed by atoms with Gasteiger partial charge in [0.1, 0.15) is 0 Å². The Kier molecular flexibility index (Phi) is 4.79. The van der Waals surface area contributed by atoms with Crippen LogP contribution in [0.25, 0.3) is 0 Å². The number of anilines is 1. The number of carbonyl (C=O) groups is 1. The molecule has 0 aliphatic carbocycles. The predicted octanol–water partition coefficient (Wildman–Crippen LogP) is 3.75. The van der Waals surface area contributed by atoms with Gasteiger partial charge in [0.05, 0.1) is 29.6 Å². The lowest BCUT2D eigenvalue weighted by Crippen LogP contribution is -2.06. The van der Waals surface area contributed by atoms with Crippen molar-refractivity contribution in [3.63, 3.8) is 0 Å². The summed E-state index contributed by atoms with van der Waals surface area (Å²) < 4.78 is 5.38. The van der Waals surface area contributed by atoms with Crippen molar-refractivity contribution in [1.82, 2.24) is 4.98 Å². The van der Waals surface area contributed by atoms with E-state index in [-0.39, 0.29) is 18.4 Å². The van der Waals surface area contributed by atoms with Gasteiger partial charge in [-0.25, -0.2) is 4.98 Å². The summed E-state index contributed by atoms with van der Waals surface area (Å²) in [6.45, 7) is 2.05. The normalized spacial score (nSPS) is 12.2. The fourth-order valence-corrected chi connectivity index (χ4v) is 3.35. The zero-order valence-electron chi connectivity index (χ0n) is 10.5. The van der Waals surface area contributed by atoms with Crippen LogP contribution in [0.4, 0.5) is 5.13 Å². The van der Waals surface area contributed by atoms with Crippen LogP contribution in [-0.2, 0) is 16.0 Å². The first-order valence-electron chi connectivity index (χ1n) is 5.61. The molecule has 0 radical (unpaired) electrons. The van der Waals surface area contributed by atoms with E-state index in [1.165, 1.54) is 18.4 Å². The average molecular weight is 317 g/mol. The molecule has 0 saturated carbocycles. The van der Waals surface area contributed by atoms with E-state index >= 15 is 0 Å². The monoisotopic (exact) mass is 316 g/mol. The fraction of sp³-hybridized carbons (Fsp3) is 0.333. The van der Waals surface area contributed by atoms with Crippen molar-refractivity contribution in [2.45, 2.75) is 19.4 Å². The van der Waals surface area contributed by atoms with Crippen molar-refractivity contribution in [3.05, 3.63) is 32.4 Å². The second kappa shape index (κ2) is 6.36. The van der Waals surface area contributed by atoms with E-state index < -0.39 is 0 Å². The average Bonchev–Trinajstić information content (AvgIpc) is 2.98. The first-order valence-corrected chi connectivity index (χ1v) is 7.69. The van der Waals surface area contributed by atoms with Crippen LogP contribution in [0.5, 0.6) is 0 Å². The summed E-state index contributed by atoms with van der Waals surface area (Å²) in [5, 5.41) is 5.93. The number of rotatable bonds is 5. The fourth-order valence-electron chi connectivity index (χ4n) is 1.49. The summed E-state index contributed by atoms with van der Waals surface area (Å²) in [7, 11) is 1.37. The Bertz CT molecular complexity index is 568. The van der Waals surface area contributed by atoms with E-state index in [4.69, 9.17) is 11.6 Å². The molecule has 2 heterocycles. The molecule has 0 fully saturated rings. The van der Waals surface area contributed by atoms with Gasteiger partial charge >= 0.3 is 5.97 Å². The van der Waals surface area contributed by atoms with Gasteiger partial charge in [-0.1, -0.05) is 11.6 Å². The van der Waals surface area contributed by atoms with E-state index in [9.17, 15) is 4.79 Å². The van der Waals surface area contributed by atoms with Gasteiger partial charge in [-0.05, 0) is 19.1 Å². The molecule has 2 aromatic heterocycles. The van der Waals surface area contributed by atoms with Crippen molar-refractivity contribution < 1.29 is 9.53 Å². The van der Waals surface area contributed by atoms with Crippen LogP contribution in [0.15, 0.2) is 17.5 Å². The summed E-state index contributed by atoms with van der Waals surface area (Å²) in [6.07, 6.45) is 0.202. The summed E-state index contributed by atoms with van der Waals surface area (Å²) in [5.74, 6) is -0.282. The Morgan fingerprint density at radius 1 is 1.58 bits per heavy atom. The number of halogens is 1. The lowest BCUT2D eigenvalue weighted by atomic mass is 10.3. The zero-order chi connectivity index (χ0) is 13.8. The number of thiophene rings is 1. The zero-order valence-corrected chi connectivity index (χ0v) is 12.9. The highest BCUT2D eigenvalue weighted by Gasteiger charge is 2.12. The second-order valence-electron chi connectivity index (χ2n) is 3.90. The van der Waals surface area contributed by atoms with Crippen LogP contribution in [0.1, 0.15) is 23.5 Å². The molecule has 2 aromatic rings. The van der Waals surface area contributed by atoms with Crippen molar-refractivity contribution in [2.75, 3.05) is 12.4 Å². The van der Waals surface area contributed by atoms with Gasteiger partial charge in [0.2, 0.25) is 0 Å². The van der Waals surface area contributed by atoms with Crippen molar-refractivity contribution in [1.29, 1.82) is 0 Å². The van der Waals surface area contributed by atoms with Gasteiger partial charge < -0.3 is 10.1 Å². The Morgan fingerprint density at radius 2 is 2.37 bits per heavy atom. The van der Waals surface area contributed by atoms with Crippen LogP contribution in [0.2, 0.25) is 4.34 Å². The highest BCUT2D eigenvalue weighted by Crippen LogP contribution is 2.29. The first-order chi connectivity index (χ1) is 9.08. The SMILES string of the molecule is COC(=O)Cc1csc(NC(C)c2ccc(Cl)s2)n1. The van der Waals surface area contributed by atoms with E-state index in [1.54, 1.807) is 11.3 Å². The molecule has 0 aliphatic rings. The molecule has 2 rings (SSSR count). The van der Waals surface area contributed by atoms with Crippen LogP contribution in [0, 0.1) is 0 Å². The molecule has 4 nitrogen and oxygen atoms in total. The predicted molar refractivity (Wildman–Crippen MR) is 79.2 cm³/mol. The second-order valence-corrected chi connectivity index (χ2v) is 6.51. The van der Waals surface area contributed by atoms with Gasteiger partial charge in [0, 0.05) is 10.3 Å². The Morgan fingerprint density at radius 3 is 3.00 bits per heavy atom. The van der Waals surface area contributed by atoms with Crippen LogP contribution in [0.3, 0.4) is 0 Å². The molecule has 19 heavy (non-hydrogen) atoms. The van der Waals surface area contributed by atoms with Crippen molar-refractivity contribution in [2.24, 2.45) is 0 Å². The smallest absolute Gasteiger partial charge is 0.311 e. The summed E-state index contributed by atoms with van der Waals surface area (Å²) in [4.78, 5) is 16.6. The molecule has 0 spiro atoms. The van der Waals surface area contributed by atoms with Crippen LogP contribution in [-0.4, -0.2) is 18.1 Å². The number of nitrogens with one attached hydrogen (secondary N) is 1. The number of methoxy groups -OCH3 is 1. The third-order valence-electron chi connectivity index (χ3n) is 2.47. The summed E-state index contributed by atoms with van der Waals surface area (Å²) in [6, 6.07) is 4.01. The van der Waals surface area contributed by atoms with Gasteiger partial charge in [-0.2, -0.15) is 0 Å². The lowest BCUT2D eigenvalue weighted by Gasteiger charge is -2.10. The number of hydrogen-bond donors (Lipinski definition) is 1. The molecule has 0 amide bonds. The van der Waals surface area contributed by atoms with E-state index in [2.05, 4.69) is 15.0 Å². The first kappa shape index (κ1) is 14.3. The van der Waals surface area contributed by atoms with E-state index in [1.807, 2.05) is 24.4 Å². The molecular formula is C12H13ClN2O2S2. The van der Waals surface area contributed by atoms with E-state index in [0.29, 0.717) is 0 Å². The molecule has 102 valence electrons. The number of hydrogen-bond acceptors (Lipinski definition) is 6. The number of esters is 1. The third-order valence-corrected chi connectivity index (χ3v) is 4.70. The maximum atomic E-state index is 11.1. The lowest BCUT2D eigenvalue weighted by molar-refractivity contribution is -0.139. The van der Waals surface area contributed by atoms with Gasteiger partial charge in [-0.3, -0.25) is 4.79 Å². The third kappa shape index (κ3) is 3.92. The highest BCUT2D eigenvalue weighted by atomic mass is 35.5. The molecule has 1 N–H and O–H groups in total. The van der Waals surface area contributed by atoms with Gasteiger partial charge in [0.15, 0.2) is 5.13 Å². The minimum Gasteiger partial charge on any atom is -0.469 e. The molecular weight excluding hydrogens is 304 g/mol. The molecule has 0 saturated heterocycles. The highest BCUT2D eigenvalue weighted by molar-refractivity contribution is 7.16. The maximum absolute atomic E-state index is 11.1. The minimum atomic E-state index is -0.282. The topological polar surface area (TPSA) is 51.2 Å². The quantitative estimate of drug-likeness (QED) is 0.854. The van der Waals surface area contributed by atoms with Crippen molar-refractivity contribution >= 4 is 45.4 Å². The molecule has 1 atom stereocenters. The summed E-state index contributed by atoms with van der Waals surface area (Å²) >= 11 is 8.93. The van der Waals surface area contributed by atoms with Crippen LogP contribution < -0.4 is 5.32 Å². The van der Waals surface area contributed by atoms with Crippen LogP contribution >= 0.6 is 34.3 Å². The molecule has 0 aliphatic heterocycles. The number of thiazole rings is 1. The van der Waals surface area contributed by atoms with Crippen molar-refractivity contribution in [3.8, 4) is 0 Å². The van der Waals surface area contributed by atoms with E-state index in [0.717, 1.165) is 20.0 Å².